The van der Waals surface area contributed by atoms with E-state index in [4.69, 9.17) is 0 Å². The van der Waals surface area contributed by atoms with Gasteiger partial charge in [0, 0.05) is 24.4 Å². The number of halogens is 1. The first-order valence-corrected chi connectivity index (χ1v) is 11.8. The summed E-state index contributed by atoms with van der Waals surface area (Å²) >= 11 is 1.70. The third kappa shape index (κ3) is 5.28. The first-order valence-electron chi connectivity index (χ1n) is 10.9. The number of rotatable bonds is 9. The molecule has 0 unspecified atom stereocenters. The van der Waals surface area contributed by atoms with Gasteiger partial charge in [0.1, 0.15) is 5.82 Å². The highest BCUT2D eigenvalue weighted by molar-refractivity contribution is 7.10. The molecule has 0 bridgehead atoms. The fraction of sp³-hybridized carbons (Fsp3) is 0.500. The quantitative estimate of drug-likeness (QED) is 0.514. The van der Waals surface area contributed by atoms with Crippen molar-refractivity contribution in [2.45, 2.75) is 58.4 Å². The molecule has 0 saturated carbocycles. The van der Waals surface area contributed by atoms with Crippen molar-refractivity contribution >= 4 is 23.2 Å². The Kier molecular flexibility index (Phi) is 8.02. The fourth-order valence-electron chi connectivity index (χ4n) is 4.09. The lowest BCUT2D eigenvalue weighted by molar-refractivity contribution is -0.141. The van der Waals surface area contributed by atoms with Gasteiger partial charge in [-0.05, 0) is 54.0 Å². The highest BCUT2D eigenvalue weighted by Gasteiger charge is 2.33. The van der Waals surface area contributed by atoms with Crippen molar-refractivity contribution in [1.82, 2.24) is 9.80 Å². The zero-order chi connectivity index (χ0) is 21.5. The van der Waals surface area contributed by atoms with Crippen molar-refractivity contribution in [1.29, 1.82) is 0 Å². The van der Waals surface area contributed by atoms with Gasteiger partial charge in [-0.25, -0.2) is 4.39 Å². The molecule has 1 aromatic carbocycles. The predicted octanol–water partition coefficient (Wildman–Crippen LogP) is 5.18. The van der Waals surface area contributed by atoms with E-state index >= 15 is 0 Å². The van der Waals surface area contributed by atoms with Crippen molar-refractivity contribution in [3.8, 4) is 0 Å². The molecular formula is C24H31FN2O2S. The van der Waals surface area contributed by atoms with Gasteiger partial charge in [-0.2, -0.15) is 0 Å². The minimum atomic E-state index is -0.287. The molecule has 0 radical (unpaired) electrons. The lowest BCUT2D eigenvalue weighted by atomic mass is 9.93. The number of carbonyl (C=O) groups excluding carboxylic acids is 2. The van der Waals surface area contributed by atoms with Crippen molar-refractivity contribution in [2.75, 3.05) is 19.6 Å². The molecule has 2 amide bonds. The number of fused-ring (bicyclic) bond motifs is 1. The zero-order valence-corrected chi connectivity index (χ0v) is 18.7. The van der Waals surface area contributed by atoms with E-state index in [0.717, 1.165) is 43.2 Å². The van der Waals surface area contributed by atoms with Crippen molar-refractivity contribution in [2.24, 2.45) is 0 Å². The first-order chi connectivity index (χ1) is 14.5. The summed E-state index contributed by atoms with van der Waals surface area (Å²) in [7, 11) is 0. The first kappa shape index (κ1) is 22.5. The minimum absolute atomic E-state index is 0.0431. The number of amides is 2. The topological polar surface area (TPSA) is 40.6 Å². The van der Waals surface area contributed by atoms with Crippen molar-refractivity contribution in [3.05, 3.63) is 57.5 Å². The highest BCUT2D eigenvalue weighted by Crippen LogP contribution is 2.37. The van der Waals surface area contributed by atoms with E-state index in [-0.39, 0.29) is 30.2 Å². The molecule has 2 heterocycles. The Morgan fingerprint density at radius 2 is 1.90 bits per heavy atom. The van der Waals surface area contributed by atoms with Crippen LogP contribution in [0.5, 0.6) is 0 Å². The van der Waals surface area contributed by atoms with Crippen molar-refractivity contribution in [3.63, 3.8) is 0 Å². The monoisotopic (exact) mass is 430 g/mol. The maximum Gasteiger partial charge on any atom is 0.242 e. The second-order valence-electron chi connectivity index (χ2n) is 7.86. The molecule has 0 saturated heterocycles. The highest BCUT2D eigenvalue weighted by atomic mass is 32.1. The molecular weight excluding hydrogens is 399 g/mol. The molecule has 1 atom stereocenters. The third-order valence-electron chi connectivity index (χ3n) is 5.64. The van der Waals surface area contributed by atoms with E-state index < -0.39 is 0 Å². The summed E-state index contributed by atoms with van der Waals surface area (Å²) in [4.78, 5) is 30.9. The fourth-order valence-corrected chi connectivity index (χ4v) is 4.99. The number of carbonyl (C=O) groups is 2. The molecule has 4 nitrogen and oxygen atoms in total. The second kappa shape index (κ2) is 10.7. The van der Waals surface area contributed by atoms with E-state index in [1.54, 1.807) is 28.4 Å². The van der Waals surface area contributed by atoms with Crippen LogP contribution >= 0.6 is 11.3 Å². The van der Waals surface area contributed by atoms with Gasteiger partial charge in [-0.3, -0.25) is 9.59 Å². The summed E-state index contributed by atoms with van der Waals surface area (Å²) in [5, 5.41) is 2.05. The average Bonchev–Trinajstić information content (AvgIpc) is 3.22. The van der Waals surface area contributed by atoms with Gasteiger partial charge in [0.25, 0.3) is 0 Å². The smallest absolute Gasteiger partial charge is 0.242 e. The van der Waals surface area contributed by atoms with Crippen LogP contribution in [0.15, 0.2) is 35.7 Å². The summed E-state index contributed by atoms with van der Waals surface area (Å²) in [5.41, 5.74) is 2.02. The largest absolute Gasteiger partial charge is 0.333 e. The van der Waals surface area contributed by atoms with E-state index in [0.29, 0.717) is 19.5 Å². The Hall–Kier alpha value is -2.21. The SMILES string of the molecule is CCCCCC(=O)N(CCC)CC(=O)N1CCc2sccc2[C@H]1c1ccc(F)cc1. The lowest BCUT2D eigenvalue weighted by Gasteiger charge is -2.37. The average molecular weight is 431 g/mol. The molecule has 1 aliphatic heterocycles. The summed E-state index contributed by atoms with van der Waals surface area (Å²) in [6.07, 6.45) is 5.09. The van der Waals surface area contributed by atoms with Crippen LogP contribution in [0.2, 0.25) is 0 Å². The van der Waals surface area contributed by atoms with Crippen LogP contribution in [0.3, 0.4) is 0 Å². The van der Waals surface area contributed by atoms with Crippen LogP contribution in [-0.4, -0.2) is 41.2 Å². The number of thiophene rings is 1. The third-order valence-corrected chi connectivity index (χ3v) is 6.64. The van der Waals surface area contributed by atoms with Gasteiger partial charge < -0.3 is 9.80 Å². The van der Waals surface area contributed by atoms with Crippen LogP contribution in [0.1, 0.15) is 68.0 Å². The van der Waals surface area contributed by atoms with Gasteiger partial charge >= 0.3 is 0 Å². The van der Waals surface area contributed by atoms with Gasteiger partial charge in [0.2, 0.25) is 11.8 Å². The van der Waals surface area contributed by atoms with Gasteiger partial charge in [0.05, 0.1) is 12.6 Å². The number of benzene rings is 1. The van der Waals surface area contributed by atoms with E-state index in [9.17, 15) is 14.0 Å². The van der Waals surface area contributed by atoms with Crippen LogP contribution in [0.25, 0.3) is 0 Å². The van der Waals surface area contributed by atoms with Gasteiger partial charge in [-0.1, -0.05) is 38.8 Å². The molecule has 0 aliphatic carbocycles. The van der Waals surface area contributed by atoms with Gasteiger partial charge in [-0.15, -0.1) is 11.3 Å². The summed E-state index contributed by atoms with van der Waals surface area (Å²) < 4.78 is 13.5. The van der Waals surface area contributed by atoms with E-state index in [2.05, 4.69) is 18.4 Å². The maximum absolute atomic E-state index is 13.5. The molecule has 2 aromatic rings. The Morgan fingerprint density at radius 1 is 1.13 bits per heavy atom. The van der Waals surface area contributed by atoms with Crippen LogP contribution in [0.4, 0.5) is 4.39 Å². The van der Waals surface area contributed by atoms with Crippen LogP contribution < -0.4 is 0 Å². The lowest BCUT2D eigenvalue weighted by Crippen LogP contribution is -2.47. The zero-order valence-electron chi connectivity index (χ0n) is 17.9. The number of unbranched alkanes of at least 4 members (excludes halogenated alkanes) is 2. The second-order valence-corrected chi connectivity index (χ2v) is 8.86. The van der Waals surface area contributed by atoms with E-state index in [1.807, 2.05) is 11.8 Å². The predicted molar refractivity (Wildman–Crippen MR) is 119 cm³/mol. The number of hydrogen-bond donors (Lipinski definition) is 0. The molecule has 162 valence electrons. The molecule has 1 aromatic heterocycles. The molecule has 0 fully saturated rings. The Morgan fingerprint density at radius 3 is 2.60 bits per heavy atom. The van der Waals surface area contributed by atoms with Gasteiger partial charge in [0.15, 0.2) is 0 Å². The molecule has 1 aliphatic rings. The summed E-state index contributed by atoms with van der Waals surface area (Å²) in [6.45, 7) is 5.45. The maximum atomic E-state index is 13.5. The number of hydrogen-bond acceptors (Lipinski definition) is 3. The molecule has 3 rings (SSSR count). The molecule has 0 N–H and O–H groups in total. The Bertz CT molecular complexity index is 849. The molecule has 30 heavy (non-hydrogen) atoms. The van der Waals surface area contributed by atoms with Crippen molar-refractivity contribution < 1.29 is 14.0 Å². The standard InChI is InChI=1S/C24H31FN2O2S/c1-3-5-6-7-22(28)26(14-4-2)17-23(29)27-15-12-21-20(13-16-30-21)24(27)18-8-10-19(25)11-9-18/h8-11,13,16,24H,3-7,12,14-15,17H2,1-2H3/t24-/m1/s1. The molecule has 0 spiro atoms. The van der Waals surface area contributed by atoms with Crippen LogP contribution in [0, 0.1) is 5.82 Å². The normalized spacial score (nSPS) is 15.7. The number of nitrogens with zero attached hydrogens (tertiary/aromatic N) is 2. The molecule has 6 heteroatoms. The van der Waals surface area contributed by atoms with E-state index in [1.165, 1.54) is 17.0 Å². The minimum Gasteiger partial charge on any atom is -0.333 e. The van der Waals surface area contributed by atoms with Crippen LogP contribution in [-0.2, 0) is 16.0 Å². The Balaban J connectivity index is 1.80. The summed E-state index contributed by atoms with van der Waals surface area (Å²) in [5.74, 6) is -0.270. The summed E-state index contributed by atoms with van der Waals surface area (Å²) in [6, 6.07) is 8.23. The Labute approximate surface area is 182 Å².